The molecule has 2 saturated heterocycles. The molecule has 0 spiro atoms. The lowest BCUT2D eigenvalue weighted by Crippen LogP contribution is -2.38. The minimum atomic E-state index is -1.07. The second kappa shape index (κ2) is 11.6. The first-order chi connectivity index (χ1) is 16.1. The number of carboxylic acids is 1. The minimum absolute atomic E-state index is 0. The molecule has 4 N–H and O–H groups in total. The van der Waals surface area contributed by atoms with Crippen molar-refractivity contribution in [3.05, 3.63) is 53.6 Å². The number of ether oxygens (including phenoxy) is 2. The summed E-state index contributed by atoms with van der Waals surface area (Å²) in [6.45, 7) is 5.22. The number of hydrogen-bond acceptors (Lipinski definition) is 8. The van der Waals surface area contributed by atoms with Crippen molar-refractivity contribution in [3.63, 3.8) is 0 Å². The average Bonchev–Trinajstić information content (AvgIpc) is 3.46. The molecule has 3 aromatic rings. The molecule has 10 nitrogen and oxygen atoms in total. The zero-order valence-corrected chi connectivity index (χ0v) is 20.1. The lowest BCUT2D eigenvalue weighted by atomic mass is 10.0. The maximum Gasteiger partial charge on any atom is 0.341 e. The van der Waals surface area contributed by atoms with Gasteiger partial charge in [0, 0.05) is 38.4 Å². The smallest absolute Gasteiger partial charge is 0.341 e. The predicted molar refractivity (Wildman–Crippen MR) is 131 cm³/mol. The van der Waals surface area contributed by atoms with Gasteiger partial charge in [-0.15, -0.1) is 12.4 Å². The van der Waals surface area contributed by atoms with Crippen LogP contribution in [0.1, 0.15) is 34.8 Å². The van der Waals surface area contributed by atoms with E-state index in [0.29, 0.717) is 18.2 Å². The standard InChI is InChI=1S/C23H26FN5O4.ClH.H3N/c24-17-12-16(13-18(14-17)33-11-8-27-6-9-32-10-7-27)20-2-1-4-28(20)21-3-5-29-22(26-21)19(15-25-29)23(30)31;;/h3,5,12-15,20H,1-2,4,6-11H2,(H,30,31);1H;1H3. The number of carbonyl (C=O) groups is 1. The minimum Gasteiger partial charge on any atom is -0.492 e. The van der Waals surface area contributed by atoms with Crippen molar-refractivity contribution in [1.82, 2.24) is 25.6 Å². The number of morpholine rings is 1. The number of aromatic nitrogens is 3. The molecule has 12 heteroatoms. The van der Waals surface area contributed by atoms with Crippen LogP contribution in [-0.4, -0.2) is 76.6 Å². The summed E-state index contributed by atoms with van der Waals surface area (Å²) in [6.07, 6.45) is 4.76. The Morgan fingerprint density at radius 2 is 2.03 bits per heavy atom. The molecule has 0 amide bonds. The van der Waals surface area contributed by atoms with Gasteiger partial charge in [0.05, 0.1) is 25.5 Å². The van der Waals surface area contributed by atoms with E-state index in [1.807, 2.05) is 12.1 Å². The summed E-state index contributed by atoms with van der Waals surface area (Å²) < 4.78 is 27.2. The fraction of sp³-hybridized carbons (Fsp3) is 0.435. The van der Waals surface area contributed by atoms with Gasteiger partial charge < -0.3 is 25.6 Å². The van der Waals surface area contributed by atoms with Crippen LogP contribution in [-0.2, 0) is 4.74 Å². The number of benzene rings is 1. The van der Waals surface area contributed by atoms with Gasteiger partial charge >= 0.3 is 5.97 Å². The van der Waals surface area contributed by atoms with Crippen LogP contribution >= 0.6 is 12.4 Å². The second-order valence-corrected chi connectivity index (χ2v) is 8.29. The fourth-order valence-electron chi connectivity index (χ4n) is 4.54. The van der Waals surface area contributed by atoms with E-state index >= 15 is 0 Å². The molecule has 5 rings (SSSR count). The summed E-state index contributed by atoms with van der Waals surface area (Å²) in [7, 11) is 0. The summed E-state index contributed by atoms with van der Waals surface area (Å²) in [4.78, 5) is 20.4. The van der Waals surface area contributed by atoms with E-state index < -0.39 is 5.97 Å². The second-order valence-electron chi connectivity index (χ2n) is 8.29. The van der Waals surface area contributed by atoms with Gasteiger partial charge in [0.1, 0.15) is 29.6 Å². The van der Waals surface area contributed by atoms with Gasteiger partial charge in [0.2, 0.25) is 0 Å². The summed E-state index contributed by atoms with van der Waals surface area (Å²) in [5.41, 5.74) is 1.16. The van der Waals surface area contributed by atoms with E-state index in [1.54, 1.807) is 6.20 Å². The molecular weight excluding hydrogens is 479 g/mol. The number of halogens is 2. The maximum atomic E-state index is 14.5. The zero-order valence-electron chi connectivity index (χ0n) is 19.3. The Morgan fingerprint density at radius 3 is 2.80 bits per heavy atom. The van der Waals surface area contributed by atoms with Crippen LogP contribution in [0.5, 0.6) is 5.75 Å². The number of hydrogen-bond donors (Lipinski definition) is 2. The molecule has 4 heterocycles. The van der Waals surface area contributed by atoms with E-state index in [0.717, 1.165) is 57.8 Å². The lowest BCUT2D eigenvalue weighted by molar-refractivity contribution is 0.0322. The number of fused-ring (bicyclic) bond motifs is 1. The molecule has 2 aliphatic heterocycles. The lowest BCUT2D eigenvalue weighted by Gasteiger charge is -2.27. The van der Waals surface area contributed by atoms with Crippen LogP contribution < -0.4 is 15.8 Å². The quantitative estimate of drug-likeness (QED) is 0.494. The Bertz CT molecular complexity index is 1160. The molecule has 190 valence electrons. The first-order valence-electron chi connectivity index (χ1n) is 11.2. The van der Waals surface area contributed by atoms with Crippen molar-refractivity contribution in [2.75, 3.05) is 50.9 Å². The molecule has 1 unspecified atom stereocenters. The van der Waals surface area contributed by atoms with Crippen molar-refractivity contribution < 1.29 is 23.8 Å². The van der Waals surface area contributed by atoms with Crippen LogP contribution in [0.25, 0.3) is 5.65 Å². The van der Waals surface area contributed by atoms with E-state index in [9.17, 15) is 14.3 Å². The third-order valence-electron chi connectivity index (χ3n) is 6.19. The zero-order chi connectivity index (χ0) is 22.8. The van der Waals surface area contributed by atoms with Gasteiger partial charge in [-0.3, -0.25) is 4.90 Å². The summed E-state index contributed by atoms with van der Waals surface area (Å²) in [6, 6.07) is 6.58. The number of nitrogens with zero attached hydrogens (tertiary/aromatic N) is 5. The van der Waals surface area contributed by atoms with Gasteiger partial charge in [0.15, 0.2) is 5.65 Å². The highest BCUT2D eigenvalue weighted by Gasteiger charge is 2.29. The molecule has 1 atom stereocenters. The summed E-state index contributed by atoms with van der Waals surface area (Å²) >= 11 is 0. The molecule has 2 aliphatic rings. The Balaban J connectivity index is 0.00000171. The van der Waals surface area contributed by atoms with E-state index in [2.05, 4.69) is 19.9 Å². The predicted octanol–water partition coefficient (Wildman–Crippen LogP) is 3.20. The summed E-state index contributed by atoms with van der Waals surface area (Å²) in [5.74, 6) is -0.255. The van der Waals surface area contributed by atoms with Crippen LogP contribution in [0.3, 0.4) is 0 Å². The van der Waals surface area contributed by atoms with Crippen LogP contribution in [0.4, 0.5) is 10.2 Å². The van der Waals surface area contributed by atoms with Crippen LogP contribution in [0.2, 0.25) is 0 Å². The van der Waals surface area contributed by atoms with Crippen molar-refractivity contribution in [3.8, 4) is 5.75 Å². The topological polar surface area (TPSA) is 127 Å². The first-order valence-corrected chi connectivity index (χ1v) is 11.2. The van der Waals surface area contributed by atoms with Gasteiger partial charge in [-0.25, -0.2) is 18.7 Å². The van der Waals surface area contributed by atoms with Crippen molar-refractivity contribution >= 4 is 29.8 Å². The Labute approximate surface area is 208 Å². The molecule has 2 fully saturated rings. The van der Waals surface area contributed by atoms with Crippen molar-refractivity contribution in [1.29, 1.82) is 0 Å². The number of aromatic carboxylic acids is 1. The van der Waals surface area contributed by atoms with Crippen molar-refractivity contribution in [2.24, 2.45) is 0 Å². The molecule has 1 aromatic carbocycles. The SMILES string of the molecule is Cl.N.O=C(O)c1cnn2ccc(N3CCCC3c3cc(F)cc(OCCN4CCOCC4)c3)nc12. The summed E-state index contributed by atoms with van der Waals surface area (Å²) in [5, 5.41) is 13.4. The number of anilines is 1. The Hall–Kier alpha value is -2.99. The normalized spacial score (nSPS) is 18.2. The third kappa shape index (κ3) is 5.81. The van der Waals surface area contributed by atoms with Gasteiger partial charge in [-0.1, -0.05) is 0 Å². The van der Waals surface area contributed by atoms with Gasteiger partial charge in [0.25, 0.3) is 0 Å². The molecule has 0 radical (unpaired) electrons. The molecule has 0 saturated carbocycles. The van der Waals surface area contributed by atoms with Crippen molar-refractivity contribution in [2.45, 2.75) is 18.9 Å². The molecule has 35 heavy (non-hydrogen) atoms. The van der Waals surface area contributed by atoms with Gasteiger partial charge in [-0.2, -0.15) is 5.10 Å². The van der Waals surface area contributed by atoms with Crippen LogP contribution in [0, 0.1) is 5.82 Å². The largest absolute Gasteiger partial charge is 0.492 e. The third-order valence-corrected chi connectivity index (χ3v) is 6.19. The molecule has 2 aromatic heterocycles. The average molecular weight is 509 g/mol. The Morgan fingerprint density at radius 1 is 1.23 bits per heavy atom. The monoisotopic (exact) mass is 508 g/mol. The highest BCUT2D eigenvalue weighted by atomic mass is 35.5. The van der Waals surface area contributed by atoms with Gasteiger partial charge in [-0.05, 0) is 36.6 Å². The highest BCUT2D eigenvalue weighted by molar-refractivity contribution is 5.94. The van der Waals surface area contributed by atoms with E-state index in [4.69, 9.17) is 9.47 Å². The maximum absolute atomic E-state index is 14.5. The Kier molecular flexibility index (Phi) is 8.84. The van der Waals surface area contributed by atoms with Crippen LogP contribution in [0.15, 0.2) is 36.7 Å². The number of rotatable bonds is 7. The number of carboxylic acid groups (broad SMARTS) is 1. The highest BCUT2D eigenvalue weighted by Crippen LogP contribution is 2.37. The first kappa shape index (κ1) is 26.6. The fourth-order valence-corrected chi connectivity index (χ4v) is 4.54. The molecule has 0 aliphatic carbocycles. The molecular formula is C23H30ClFN6O4. The molecule has 0 bridgehead atoms. The van der Waals surface area contributed by atoms with E-state index in [1.165, 1.54) is 22.8 Å². The van der Waals surface area contributed by atoms with E-state index in [-0.39, 0.29) is 41.6 Å².